The molecule has 0 aromatic heterocycles. The zero-order chi connectivity index (χ0) is 13.5. The van der Waals surface area contributed by atoms with Gasteiger partial charge in [0.2, 0.25) is 5.91 Å². The van der Waals surface area contributed by atoms with Gasteiger partial charge in [-0.05, 0) is 38.3 Å². The maximum Gasteiger partial charge on any atom is 0.226 e. The first kappa shape index (κ1) is 14.4. The van der Waals surface area contributed by atoms with Crippen LogP contribution in [-0.2, 0) is 9.59 Å². The van der Waals surface area contributed by atoms with Crippen LogP contribution in [0.5, 0.6) is 0 Å². The van der Waals surface area contributed by atoms with Crippen molar-refractivity contribution in [2.24, 2.45) is 0 Å². The van der Waals surface area contributed by atoms with E-state index in [9.17, 15) is 9.59 Å². The number of carbonyl (C=O) groups excluding carboxylic acids is 2. The number of unbranched alkanes of at least 4 members (excludes halogenated alkanes) is 1. The molecule has 3 heteroatoms. The summed E-state index contributed by atoms with van der Waals surface area (Å²) >= 11 is 0. The Balaban J connectivity index is 2.47. The van der Waals surface area contributed by atoms with Gasteiger partial charge in [0.25, 0.3) is 0 Å². The van der Waals surface area contributed by atoms with Crippen LogP contribution in [0.2, 0.25) is 0 Å². The zero-order valence-corrected chi connectivity index (χ0v) is 11.4. The van der Waals surface area contributed by atoms with Gasteiger partial charge in [-0.3, -0.25) is 4.79 Å². The van der Waals surface area contributed by atoms with Crippen LogP contribution in [0.1, 0.15) is 38.2 Å². The van der Waals surface area contributed by atoms with Crippen LogP contribution in [0.4, 0.5) is 5.69 Å². The number of carbonyl (C=O) groups is 2. The Morgan fingerprint density at radius 1 is 1.11 bits per heavy atom. The van der Waals surface area contributed by atoms with Gasteiger partial charge in [-0.25, -0.2) is 0 Å². The lowest BCUT2D eigenvalue weighted by Gasteiger charge is -2.19. The van der Waals surface area contributed by atoms with Gasteiger partial charge in [-0.15, -0.1) is 0 Å². The molecule has 0 saturated carbocycles. The Hall–Kier alpha value is -1.64. The standard InChI is InChI=1S/C15H21NO2/c1-12-8-4-6-10-14(12)16(3)15(18)11-7-5-9-13(2)17/h4,6,8,10H,5,7,9,11H2,1-3H3. The Kier molecular flexibility index (Phi) is 5.56. The summed E-state index contributed by atoms with van der Waals surface area (Å²) in [6.07, 6.45) is 2.64. The van der Waals surface area contributed by atoms with E-state index in [1.807, 2.05) is 31.2 Å². The minimum Gasteiger partial charge on any atom is -0.315 e. The molecule has 0 fully saturated rings. The van der Waals surface area contributed by atoms with E-state index in [1.165, 1.54) is 0 Å². The van der Waals surface area contributed by atoms with E-state index in [1.54, 1.807) is 18.9 Å². The number of benzene rings is 1. The normalized spacial score (nSPS) is 10.2. The van der Waals surface area contributed by atoms with Crippen molar-refractivity contribution in [3.8, 4) is 0 Å². The topological polar surface area (TPSA) is 37.4 Å². The summed E-state index contributed by atoms with van der Waals surface area (Å²) in [4.78, 5) is 24.5. The highest BCUT2D eigenvalue weighted by Gasteiger charge is 2.11. The lowest BCUT2D eigenvalue weighted by Crippen LogP contribution is -2.26. The maximum absolute atomic E-state index is 12.0. The van der Waals surface area contributed by atoms with Crippen LogP contribution in [0.25, 0.3) is 0 Å². The number of Topliss-reactive ketones (excluding diaryl/α,β-unsaturated/α-hetero) is 1. The van der Waals surface area contributed by atoms with Crippen LogP contribution >= 0.6 is 0 Å². The maximum atomic E-state index is 12.0. The van der Waals surface area contributed by atoms with Crippen molar-refractivity contribution >= 4 is 17.4 Å². The number of hydrogen-bond acceptors (Lipinski definition) is 2. The molecule has 0 aliphatic heterocycles. The average Bonchev–Trinajstić information content (AvgIpc) is 2.34. The van der Waals surface area contributed by atoms with Crippen molar-refractivity contribution in [3.05, 3.63) is 29.8 Å². The molecule has 98 valence electrons. The van der Waals surface area contributed by atoms with Crippen molar-refractivity contribution in [1.29, 1.82) is 0 Å². The molecule has 0 N–H and O–H groups in total. The molecule has 3 nitrogen and oxygen atoms in total. The summed E-state index contributed by atoms with van der Waals surface area (Å²) in [6, 6.07) is 7.84. The Bertz CT molecular complexity index is 426. The summed E-state index contributed by atoms with van der Waals surface area (Å²) in [7, 11) is 1.80. The van der Waals surface area contributed by atoms with Crippen LogP contribution in [0.3, 0.4) is 0 Å². The Morgan fingerprint density at radius 3 is 2.33 bits per heavy atom. The predicted molar refractivity (Wildman–Crippen MR) is 73.7 cm³/mol. The van der Waals surface area contributed by atoms with Gasteiger partial charge < -0.3 is 9.69 Å². The number of para-hydroxylation sites is 1. The second-order valence-corrected chi connectivity index (χ2v) is 4.65. The van der Waals surface area contributed by atoms with E-state index >= 15 is 0 Å². The van der Waals surface area contributed by atoms with Gasteiger partial charge in [0, 0.05) is 25.6 Å². The second kappa shape index (κ2) is 6.94. The zero-order valence-electron chi connectivity index (χ0n) is 11.4. The fourth-order valence-electron chi connectivity index (χ4n) is 1.89. The fraction of sp³-hybridized carbons (Fsp3) is 0.467. The van der Waals surface area contributed by atoms with Gasteiger partial charge in [-0.1, -0.05) is 18.2 Å². The second-order valence-electron chi connectivity index (χ2n) is 4.65. The third-order valence-electron chi connectivity index (χ3n) is 3.02. The number of rotatable bonds is 6. The molecule has 0 spiro atoms. The molecule has 0 aliphatic carbocycles. The highest BCUT2D eigenvalue weighted by Crippen LogP contribution is 2.19. The first-order chi connectivity index (χ1) is 8.52. The van der Waals surface area contributed by atoms with Crippen LogP contribution < -0.4 is 4.90 Å². The summed E-state index contributed by atoms with van der Waals surface area (Å²) in [5.74, 6) is 0.294. The molecule has 1 aromatic carbocycles. The molecular weight excluding hydrogens is 226 g/mol. The fourth-order valence-corrected chi connectivity index (χ4v) is 1.89. The van der Waals surface area contributed by atoms with Crippen LogP contribution in [0, 0.1) is 6.92 Å². The van der Waals surface area contributed by atoms with E-state index in [-0.39, 0.29) is 11.7 Å². The first-order valence-corrected chi connectivity index (χ1v) is 6.34. The van der Waals surface area contributed by atoms with Gasteiger partial charge in [0.15, 0.2) is 0 Å². The molecule has 0 atom stereocenters. The van der Waals surface area contributed by atoms with Crippen molar-refractivity contribution in [3.63, 3.8) is 0 Å². The predicted octanol–water partition coefficient (Wildman–Crippen LogP) is 3.11. The number of ketones is 1. The summed E-state index contributed by atoms with van der Waals surface area (Å²) < 4.78 is 0. The average molecular weight is 247 g/mol. The van der Waals surface area contributed by atoms with E-state index in [0.717, 1.165) is 24.1 Å². The number of amides is 1. The monoisotopic (exact) mass is 247 g/mol. The molecule has 18 heavy (non-hydrogen) atoms. The van der Waals surface area contributed by atoms with Gasteiger partial charge in [-0.2, -0.15) is 0 Å². The molecule has 0 unspecified atom stereocenters. The number of nitrogens with zero attached hydrogens (tertiary/aromatic N) is 1. The van der Waals surface area contributed by atoms with E-state index in [2.05, 4.69) is 0 Å². The van der Waals surface area contributed by atoms with E-state index in [4.69, 9.17) is 0 Å². The van der Waals surface area contributed by atoms with Gasteiger partial charge in [0.05, 0.1) is 0 Å². The molecular formula is C15H21NO2. The van der Waals surface area contributed by atoms with Crippen LogP contribution in [0.15, 0.2) is 24.3 Å². The van der Waals surface area contributed by atoms with Gasteiger partial charge >= 0.3 is 0 Å². The largest absolute Gasteiger partial charge is 0.315 e. The SMILES string of the molecule is CC(=O)CCCCC(=O)N(C)c1ccccc1C. The molecule has 0 saturated heterocycles. The third kappa shape index (κ3) is 4.32. The highest BCUT2D eigenvalue weighted by atomic mass is 16.2. The summed E-state index contributed by atoms with van der Waals surface area (Å²) in [5.41, 5.74) is 2.05. The van der Waals surface area contributed by atoms with Crippen molar-refractivity contribution in [2.45, 2.75) is 39.5 Å². The molecule has 0 aliphatic rings. The molecule has 0 radical (unpaired) electrons. The van der Waals surface area contributed by atoms with Crippen molar-refractivity contribution < 1.29 is 9.59 Å². The Morgan fingerprint density at radius 2 is 1.72 bits per heavy atom. The summed E-state index contributed by atoms with van der Waals surface area (Å²) in [6.45, 7) is 3.58. The molecule has 0 bridgehead atoms. The van der Waals surface area contributed by atoms with Crippen LogP contribution in [-0.4, -0.2) is 18.7 Å². The lowest BCUT2D eigenvalue weighted by atomic mass is 10.1. The Labute approximate surface area is 109 Å². The smallest absolute Gasteiger partial charge is 0.226 e. The van der Waals surface area contributed by atoms with E-state index < -0.39 is 0 Å². The third-order valence-corrected chi connectivity index (χ3v) is 3.02. The number of anilines is 1. The molecule has 1 aromatic rings. The summed E-state index contributed by atoms with van der Waals surface area (Å²) in [5, 5.41) is 0. The molecule has 1 rings (SSSR count). The van der Waals surface area contributed by atoms with Crippen molar-refractivity contribution in [1.82, 2.24) is 0 Å². The number of hydrogen-bond donors (Lipinski definition) is 0. The quantitative estimate of drug-likeness (QED) is 0.724. The molecule has 0 heterocycles. The van der Waals surface area contributed by atoms with Crippen molar-refractivity contribution in [2.75, 3.05) is 11.9 Å². The number of aryl methyl sites for hydroxylation is 1. The lowest BCUT2D eigenvalue weighted by molar-refractivity contribution is -0.119. The molecule has 1 amide bonds. The first-order valence-electron chi connectivity index (χ1n) is 6.34. The van der Waals surface area contributed by atoms with E-state index in [0.29, 0.717) is 12.8 Å². The minimum atomic E-state index is 0.104. The minimum absolute atomic E-state index is 0.104. The van der Waals surface area contributed by atoms with Gasteiger partial charge in [0.1, 0.15) is 5.78 Å². The highest BCUT2D eigenvalue weighted by molar-refractivity contribution is 5.93.